The first-order chi connectivity index (χ1) is 7.74. The van der Waals surface area contributed by atoms with Gasteiger partial charge in [-0.25, -0.2) is 9.97 Å². The second-order valence-corrected chi connectivity index (χ2v) is 4.56. The Labute approximate surface area is 99.8 Å². The molecule has 2 rings (SSSR count). The van der Waals surface area contributed by atoms with Crippen molar-refractivity contribution in [2.45, 2.75) is 13.3 Å². The number of hydrogen-bond donors (Lipinski definition) is 0. The second-order valence-electron chi connectivity index (χ2n) is 3.78. The fourth-order valence-electron chi connectivity index (χ4n) is 1.76. The summed E-state index contributed by atoms with van der Waals surface area (Å²) >= 11 is 1.69. The Morgan fingerprint density at radius 2 is 2.12 bits per heavy atom. The standard InChI is InChI=1S/C12H15N3S/c1-4-10-11(9-5-6-16-7-9)13-8-14-12(10)15(2)3/h5-8H,4H2,1-3H3. The van der Waals surface area contributed by atoms with Crippen LogP contribution in [0, 0.1) is 0 Å². The lowest BCUT2D eigenvalue weighted by Gasteiger charge is -2.17. The highest BCUT2D eigenvalue weighted by atomic mass is 32.1. The number of anilines is 1. The maximum atomic E-state index is 4.40. The van der Waals surface area contributed by atoms with Crippen LogP contribution >= 0.6 is 11.3 Å². The summed E-state index contributed by atoms with van der Waals surface area (Å²) in [6, 6.07) is 2.10. The number of hydrogen-bond acceptors (Lipinski definition) is 4. The maximum absolute atomic E-state index is 4.40. The molecule has 84 valence electrons. The minimum absolute atomic E-state index is 0.944. The molecule has 0 saturated heterocycles. The fraction of sp³-hybridized carbons (Fsp3) is 0.333. The van der Waals surface area contributed by atoms with Gasteiger partial charge in [0.1, 0.15) is 12.1 Å². The molecule has 0 aromatic carbocycles. The lowest BCUT2D eigenvalue weighted by atomic mass is 10.1. The quantitative estimate of drug-likeness (QED) is 0.816. The average molecular weight is 233 g/mol. The van der Waals surface area contributed by atoms with Gasteiger partial charge in [-0.15, -0.1) is 0 Å². The summed E-state index contributed by atoms with van der Waals surface area (Å²) in [4.78, 5) is 10.8. The normalized spacial score (nSPS) is 10.4. The van der Waals surface area contributed by atoms with Crippen molar-refractivity contribution in [1.29, 1.82) is 0 Å². The molecular weight excluding hydrogens is 218 g/mol. The van der Waals surface area contributed by atoms with Gasteiger partial charge in [0.15, 0.2) is 0 Å². The average Bonchev–Trinajstić information content (AvgIpc) is 2.81. The zero-order valence-corrected chi connectivity index (χ0v) is 10.6. The molecule has 0 aliphatic heterocycles. The molecule has 0 N–H and O–H groups in total. The van der Waals surface area contributed by atoms with Gasteiger partial charge in [-0.2, -0.15) is 11.3 Å². The molecule has 2 aromatic rings. The highest BCUT2D eigenvalue weighted by Gasteiger charge is 2.12. The van der Waals surface area contributed by atoms with Crippen LogP contribution in [-0.2, 0) is 6.42 Å². The third kappa shape index (κ3) is 1.93. The molecule has 3 nitrogen and oxygen atoms in total. The van der Waals surface area contributed by atoms with Crippen LogP contribution in [0.5, 0.6) is 0 Å². The summed E-state index contributed by atoms with van der Waals surface area (Å²) in [5.41, 5.74) is 3.46. The Hall–Kier alpha value is -1.42. The van der Waals surface area contributed by atoms with Crippen LogP contribution in [-0.4, -0.2) is 24.1 Å². The third-order valence-electron chi connectivity index (χ3n) is 2.49. The second kappa shape index (κ2) is 4.61. The van der Waals surface area contributed by atoms with E-state index in [2.05, 4.69) is 33.7 Å². The number of rotatable bonds is 3. The lowest BCUT2D eigenvalue weighted by Crippen LogP contribution is -2.14. The SMILES string of the molecule is CCc1c(-c2ccsc2)ncnc1N(C)C. The van der Waals surface area contributed by atoms with E-state index in [-0.39, 0.29) is 0 Å². The molecule has 2 aromatic heterocycles. The monoisotopic (exact) mass is 233 g/mol. The molecule has 0 spiro atoms. The van der Waals surface area contributed by atoms with Crippen molar-refractivity contribution < 1.29 is 0 Å². The molecule has 4 heteroatoms. The van der Waals surface area contributed by atoms with Crippen LogP contribution in [0.3, 0.4) is 0 Å². The van der Waals surface area contributed by atoms with E-state index in [4.69, 9.17) is 0 Å². The van der Waals surface area contributed by atoms with Crippen LogP contribution in [0.1, 0.15) is 12.5 Å². The summed E-state index contributed by atoms with van der Waals surface area (Å²) in [7, 11) is 4.03. The Balaban J connectivity index is 2.58. The molecule has 0 aliphatic rings. The van der Waals surface area contributed by atoms with Crippen LogP contribution in [0.2, 0.25) is 0 Å². The van der Waals surface area contributed by atoms with E-state index in [0.717, 1.165) is 17.9 Å². The van der Waals surface area contributed by atoms with Gasteiger partial charge < -0.3 is 4.90 Å². The van der Waals surface area contributed by atoms with Crippen molar-refractivity contribution >= 4 is 17.2 Å². The Morgan fingerprint density at radius 3 is 2.69 bits per heavy atom. The van der Waals surface area contributed by atoms with E-state index in [1.54, 1.807) is 17.7 Å². The number of nitrogens with zero attached hydrogens (tertiary/aromatic N) is 3. The summed E-state index contributed by atoms with van der Waals surface area (Å²) in [5.74, 6) is 1.01. The molecule has 0 radical (unpaired) electrons. The van der Waals surface area contributed by atoms with Gasteiger partial charge in [-0.3, -0.25) is 0 Å². The van der Waals surface area contributed by atoms with E-state index in [0.29, 0.717) is 0 Å². The van der Waals surface area contributed by atoms with Crippen molar-refractivity contribution in [1.82, 2.24) is 9.97 Å². The van der Waals surface area contributed by atoms with Gasteiger partial charge >= 0.3 is 0 Å². The van der Waals surface area contributed by atoms with Gasteiger partial charge in [0.25, 0.3) is 0 Å². The first-order valence-corrected chi connectivity index (χ1v) is 6.22. The minimum Gasteiger partial charge on any atom is -0.362 e. The summed E-state index contributed by atoms with van der Waals surface area (Å²) in [6.45, 7) is 2.14. The van der Waals surface area contributed by atoms with Gasteiger partial charge in [0.05, 0.1) is 5.69 Å². The maximum Gasteiger partial charge on any atom is 0.135 e. The van der Waals surface area contributed by atoms with Crippen molar-refractivity contribution in [3.05, 3.63) is 28.7 Å². The molecule has 0 unspecified atom stereocenters. The van der Waals surface area contributed by atoms with E-state index in [1.807, 2.05) is 19.0 Å². The smallest absolute Gasteiger partial charge is 0.135 e. The van der Waals surface area contributed by atoms with E-state index in [9.17, 15) is 0 Å². The molecule has 2 heterocycles. The molecule has 0 fully saturated rings. The van der Waals surface area contributed by atoms with Crippen molar-refractivity contribution in [2.24, 2.45) is 0 Å². The van der Waals surface area contributed by atoms with Crippen LogP contribution in [0.4, 0.5) is 5.82 Å². The molecule has 0 atom stereocenters. The van der Waals surface area contributed by atoms with E-state index in [1.165, 1.54) is 11.1 Å². The predicted molar refractivity (Wildman–Crippen MR) is 69.1 cm³/mol. The van der Waals surface area contributed by atoms with Crippen molar-refractivity contribution in [2.75, 3.05) is 19.0 Å². The van der Waals surface area contributed by atoms with E-state index < -0.39 is 0 Å². The predicted octanol–water partition coefficient (Wildman–Crippen LogP) is 2.83. The summed E-state index contributed by atoms with van der Waals surface area (Å²) in [5, 5.41) is 4.20. The number of thiophene rings is 1. The van der Waals surface area contributed by atoms with Gasteiger partial charge in [-0.05, 0) is 17.9 Å². The first-order valence-electron chi connectivity index (χ1n) is 5.27. The zero-order valence-electron chi connectivity index (χ0n) is 9.77. The third-order valence-corrected chi connectivity index (χ3v) is 3.18. The van der Waals surface area contributed by atoms with Crippen LogP contribution in [0.25, 0.3) is 11.3 Å². The van der Waals surface area contributed by atoms with Gasteiger partial charge in [0, 0.05) is 30.6 Å². The topological polar surface area (TPSA) is 29.0 Å². The fourth-order valence-corrected chi connectivity index (χ4v) is 2.40. The first kappa shape index (κ1) is 11.1. The van der Waals surface area contributed by atoms with E-state index >= 15 is 0 Å². The molecule has 0 bridgehead atoms. The highest BCUT2D eigenvalue weighted by Crippen LogP contribution is 2.28. The van der Waals surface area contributed by atoms with Crippen LogP contribution in [0.15, 0.2) is 23.2 Å². The van der Waals surface area contributed by atoms with Gasteiger partial charge in [-0.1, -0.05) is 6.92 Å². The lowest BCUT2D eigenvalue weighted by molar-refractivity contribution is 0.979. The van der Waals surface area contributed by atoms with Crippen molar-refractivity contribution in [3.63, 3.8) is 0 Å². The Kier molecular flexibility index (Phi) is 3.19. The van der Waals surface area contributed by atoms with Gasteiger partial charge in [0.2, 0.25) is 0 Å². The molecule has 16 heavy (non-hydrogen) atoms. The summed E-state index contributed by atoms with van der Waals surface area (Å²) < 4.78 is 0. The van der Waals surface area contributed by atoms with Crippen molar-refractivity contribution in [3.8, 4) is 11.3 Å². The molecule has 0 amide bonds. The largest absolute Gasteiger partial charge is 0.362 e. The van der Waals surface area contributed by atoms with Crippen LogP contribution < -0.4 is 4.90 Å². The number of aromatic nitrogens is 2. The minimum atomic E-state index is 0.944. The zero-order chi connectivity index (χ0) is 11.5. The summed E-state index contributed by atoms with van der Waals surface area (Å²) in [6.07, 6.45) is 2.58. The molecule has 0 aliphatic carbocycles. The Morgan fingerprint density at radius 1 is 1.31 bits per heavy atom. The Bertz CT molecular complexity index is 463. The molecular formula is C12H15N3S. The highest BCUT2D eigenvalue weighted by molar-refractivity contribution is 7.08. The molecule has 0 saturated carbocycles.